The van der Waals surface area contributed by atoms with Gasteiger partial charge in [0.25, 0.3) is 0 Å². The summed E-state index contributed by atoms with van der Waals surface area (Å²) in [4.78, 5) is 3.10. The van der Waals surface area contributed by atoms with Crippen LogP contribution in [0.15, 0.2) is 18.3 Å². The Morgan fingerprint density at radius 3 is 2.14 bits per heavy atom. The van der Waals surface area contributed by atoms with Crippen LogP contribution >= 0.6 is 0 Å². The molecule has 0 amide bonds. The number of aromatic nitrogens is 1. The lowest BCUT2D eigenvalue weighted by molar-refractivity contribution is 0.00578. The van der Waals surface area contributed by atoms with Crippen molar-refractivity contribution < 1.29 is 9.31 Å². The number of hydrogen-bond acceptors (Lipinski definition) is 2. The lowest BCUT2D eigenvalue weighted by Gasteiger charge is -2.32. The van der Waals surface area contributed by atoms with Gasteiger partial charge in [0.2, 0.25) is 0 Å². The molecule has 0 unspecified atom stereocenters. The molecule has 0 aromatic carbocycles. The van der Waals surface area contributed by atoms with Crippen LogP contribution in [0.2, 0.25) is 0 Å². The van der Waals surface area contributed by atoms with Crippen LogP contribution in [-0.4, -0.2) is 23.3 Å². The fourth-order valence-electron chi connectivity index (χ4n) is 1.46. The first-order valence-corrected chi connectivity index (χ1v) is 4.91. The Balaban J connectivity index is 2.22. The van der Waals surface area contributed by atoms with E-state index in [2.05, 4.69) is 32.7 Å². The first-order valence-electron chi connectivity index (χ1n) is 4.91. The van der Waals surface area contributed by atoms with E-state index in [1.54, 1.807) is 0 Å². The van der Waals surface area contributed by atoms with Crippen molar-refractivity contribution in [2.75, 3.05) is 0 Å². The molecular weight excluding hydrogens is 177 g/mol. The van der Waals surface area contributed by atoms with Gasteiger partial charge in [-0.3, -0.25) is 0 Å². The van der Waals surface area contributed by atoms with Crippen molar-refractivity contribution in [3.63, 3.8) is 0 Å². The van der Waals surface area contributed by atoms with Crippen LogP contribution in [0.5, 0.6) is 0 Å². The first-order chi connectivity index (χ1) is 6.42. The summed E-state index contributed by atoms with van der Waals surface area (Å²) in [6.07, 6.45) is 1.88. The second-order valence-corrected chi connectivity index (χ2v) is 4.71. The zero-order valence-corrected chi connectivity index (χ0v) is 9.13. The lowest BCUT2D eigenvalue weighted by Crippen LogP contribution is -2.41. The summed E-state index contributed by atoms with van der Waals surface area (Å²) < 4.78 is 11.7. The molecule has 0 bridgehead atoms. The van der Waals surface area contributed by atoms with Crippen LogP contribution in [0.3, 0.4) is 0 Å². The van der Waals surface area contributed by atoms with E-state index in [-0.39, 0.29) is 18.3 Å². The van der Waals surface area contributed by atoms with Crippen molar-refractivity contribution in [2.45, 2.75) is 38.9 Å². The highest BCUT2D eigenvalue weighted by Gasteiger charge is 2.52. The summed E-state index contributed by atoms with van der Waals surface area (Å²) in [5.41, 5.74) is 0.453. The van der Waals surface area contributed by atoms with Crippen molar-refractivity contribution in [3.05, 3.63) is 18.3 Å². The molecule has 1 aliphatic rings. The quantitative estimate of drug-likeness (QED) is 0.682. The molecule has 0 atom stereocenters. The Labute approximate surface area is 84.9 Å². The maximum absolute atomic E-state index is 5.85. The number of H-pyrrole nitrogens is 1. The Morgan fingerprint density at radius 2 is 1.71 bits per heavy atom. The third-order valence-electron chi connectivity index (χ3n) is 3.13. The molecule has 76 valence electrons. The van der Waals surface area contributed by atoms with Crippen LogP contribution in [0.1, 0.15) is 27.7 Å². The number of aromatic amines is 1. The molecule has 1 aliphatic heterocycles. The van der Waals surface area contributed by atoms with E-state index >= 15 is 0 Å². The van der Waals surface area contributed by atoms with Gasteiger partial charge in [0, 0.05) is 11.8 Å². The summed E-state index contributed by atoms with van der Waals surface area (Å²) in [7, 11) is -0.269. The monoisotopic (exact) mass is 193 g/mol. The Morgan fingerprint density at radius 1 is 1.14 bits per heavy atom. The molecule has 0 aliphatic carbocycles. The molecule has 0 spiro atoms. The summed E-state index contributed by atoms with van der Waals surface area (Å²) in [6, 6.07) is 3.92. The summed E-state index contributed by atoms with van der Waals surface area (Å²) in [6.45, 7) is 8.21. The fraction of sp³-hybridized carbons (Fsp3) is 0.600. The van der Waals surface area contributed by atoms with Crippen molar-refractivity contribution in [1.82, 2.24) is 4.98 Å². The van der Waals surface area contributed by atoms with E-state index in [4.69, 9.17) is 9.31 Å². The van der Waals surface area contributed by atoms with E-state index in [0.29, 0.717) is 0 Å². The summed E-state index contributed by atoms with van der Waals surface area (Å²) in [5, 5.41) is 0. The molecule has 1 N–H and O–H groups in total. The van der Waals surface area contributed by atoms with Crippen molar-refractivity contribution in [1.29, 1.82) is 0 Å². The topological polar surface area (TPSA) is 34.2 Å². The highest BCUT2D eigenvalue weighted by molar-refractivity contribution is 6.61. The standard InChI is InChI=1S/C10H16BNO2/c1-9(2)10(3,4)14-11(13-9)8-6-5-7-12-8/h5-7,12H,1-4H3. The van der Waals surface area contributed by atoms with Crippen molar-refractivity contribution in [3.8, 4) is 0 Å². The normalized spacial score (nSPS) is 24.1. The SMILES string of the molecule is CC1(C)OB(c2ccc[nH]2)OC1(C)C. The molecule has 1 aromatic rings. The minimum Gasteiger partial charge on any atom is -0.398 e. The predicted molar refractivity (Wildman–Crippen MR) is 56.5 cm³/mol. The van der Waals surface area contributed by atoms with Crippen molar-refractivity contribution >= 4 is 12.7 Å². The van der Waals surface area contributed by atoms with E-state index in [0.717, 1.165) is 5.59 Å². The molecule has 1 saturated heterocycles. The van der Waals surface area contributed by atoms with Gasteiger partial charge in [0.15, 0.2) is 0 Å². The molecule has 14 heavy (non-hydrogen) atoms. The average Bonchev–Trinajstić information content (AvgIpc) is 2.58. The second-order valence-electron chi connectivity index (χ2n) is 4.71. The first kappa shape index (κ1) is 9.81. The van der Waals surface area contributed by atoms with Crippen LogP contribution in [0.25, 0.3) is 0 Å². The molecule has 2 rings (SSSR count). The van der Waals surface area contributed by atoms with Crippen LogP contribution in [0.4, 0.5) is 0 Å². The van der Waals surface area contributed by atoms with Gasteiger partial charge in [-0.1, -0.05) is 0 Å². The van der Waals surface area contributed by atoms with E-state index in [1.807, 2.05) is 18.3 Å². The molecule has 1 aromatic heterocycles. The van der Waals surface area contributed by atoms with Gasteiger partial charge >= 0.3 is 7.12 Å². The zero-order valence-electron chi connectivity index (χ0n) is 9.13. The van der Waals surface area contributed by atoms with Gasteiger partial charge in [-0.05, 0) is 39.8 Å². The number of nitrogens with one attached hydrogen (secondary N) is 1. The molecule has 0 saturated carbocycles. The average molecular weight is 193 g/mol. The maximum atomic E-state index is 5.85. The van der Waals surface area contributed by atoms with Crippen LogP contribution < -0.4 is 5.59 Å². The van der Waals surface area contributed by atoms with E-state index in [9.17, 15) is 0 Å². The molecule has 4 heteroatoms. The second kappa shape index (κ2) is 2.88. The summed E-state index contributed by atoms with van der Waals surface area (Å²) in [5.74, 6) is 0. The highest BCUT2D eigenvalue weighted by atomic mass is 16.7. The predicted octanol–water partition coefficient (Wildman–Crippen LogP) is 1.31. The number of hydrogen-bond donors (Lipinski definition) is 1. The molecule has 1 fully saturated rings. The maximum Gasteiger partial charge on any atom is 0.512 e. The van der Waals surface area contributed by atoms with Gasteiger partial charge in [-0.15, -0.1) is 0 Å². The third-order valence-corrected chi connectivity index (χ3v) is 3.13. The Kier molecular flexibility index (Phi) is 2.01. The Hall–Kier alpha value is -0.735. The molecular formula is C10H16BNO2. The van der Waals surface area contributed by atoms with Crippen molar-refractivity contribution in [2.24, 2.45) is 0 Å². The van der Waals surface area contributed by atoms with Gasteiger partial charge in [-0.25, -0.2) is 0 Å². The smallest absolute Gasteiger partial charge is 0.398 e. The highest BCUT2D eigenvalue weighted by Crippen LogP contribution is 2.36. The third kappa shape index (κ3) is 1.39. The molecule has 3 nitrogen and oxygen atoms in total. The number of rotatable bonds is 1. The molecule has 0 radical (unpaired) electrons. The molecule has 2 heterocycles. The largest absolute Gasteiger partial charge is 0.512 e. The Bertz CT molecular complexity index is 303. The van der Waals surface area contributed by atoms with Crippen LogP contribution in [-0.2, 0) is 9.31 Å². The van der Waals surface area contributed by atoms with Gasteiger partial charge in [0.05, 0.1) is 11.2 Å². The lowest BCUT2D eigenvalue weighted by atomic mass is 9.85. The van der Waals surface area contributed by atoms with Gasteiger partial charge < -0.3 is 14.3 Å². The minimum absolute atomic E-state index is 0.261. The van der Waals surface area contributed by atoms with E-state index in [1.165, 1.54) is 0 Å². The fourth-order valence-corrected chi connectivity index (χ4v) is 1.46. The zero-order chi connectivity index (χ0) is 10.4. The van der Waals surface area contributed by atoms with E-state index < -0.39 is 0 Å². The van der Waals surface area contributed by atoms with Gasteiger partial charge in [0.1, 0.15) is 0 Å². The van der Waals surface area contributed by atoms with Crippen LogP contribution in [0, 0.1) is 0 Å². The summed E-state index contributed by atoms with van der Waals surface area (Å²) >= 11 is 0. The van der Waals surface area contributed by atoms with Gasteiger partial charge in [-0.2, -0.15) is 0 Å². The minimum atomic E-state index is -0.269.